The van der Waals surface area contributed by atoms with Gasteiger partial charge in [-0.1, -0.05) is 18.2 Å². The largest absolute Gasteiger partial charge is 0.390 e. The van der Waals surface area contributed by atoms with Crippen molar-refractivity contribution in [2.75, 3.05) is 5.32 Å². The van der Waals surface area contributed by atoms with Crippen molar-refractivity contribution < 1.29 is 19.4 Å². The molecule has 1 aromatic carbocycles. The van der Waals surface area contributed by atoms with Crippen molar-refractivity contribution in [3.05, 3.63) is 30.3 Å². The number of amides is 2. The van der Waals surface area contributed by atoms with Gasteiger partial charge in [0.1, 0.15) is 12.3 Å². The molecule has 0 aromatic heterocycles. The topological polar surface area (TPSA) is 78.9 Å². The van der Waals surface area contributed by atoms with E-state index in [4.69, 9.17) is 4.74 Å². The number of benzene rings is 1. The lowest BCUT2D eigenvalue weighted by molar-refractivity contribution is -0.158. The summed E-state index contributed by atoms with van der Waals surface area (Å²) in [4.78, 5) is 27.1. The molecule has 2 heterocycles. The van der Waals surface area contributed by atoms with E-state index < -0.39 is 12.1 Å². The van der Waals surface area contributed by atoms with Crippen LogP contribution >= 0.6 is 0 Å². The molecular weight excluding hydrogens is 308 g/mol. The van der Waals surface area contributed by atoms with Crippen LogP contribution in [0.3, 0.4) is 0 Å². The van der Waals surface area contributed by atoms with Gasteiger partial charge < -0.3 is 20.1 Å². The van der Waals surface area contributed by atoms with E-state index in [1.807, 2.05) is 30.3 Å². The first kappa shape index (κ1) is 14.4. The predicted octanol–water partition coefficient (Wildman–Crippen LogP) is 0.824. The molecule has 2 saturated carbocycles. The summed E-state index contributed by atoms with van der Waals surface area (Å²) in [7, 11) is 0. The minimum Gasteiger partial charge on any atom is -0.390 e. The molecule has 6 heteroatoms. The van der Waals surface area contributed by atoms with Crippen LogP contribution in [-0.2, 0) is 14.3 Å². The summed E-state index contributed by atoms with van der Waals surface area (Å²) in [6.45, 7) is 1.75. The quantitative estimate of drug-likeness (QED) is 0.861. The molecule has 4 aliphatic rings. The summed E-state index contributed by atoms with van der Waals surface area (Å²) in [6.07, 6.45) is -0.180. The number of para-hydroxylation sites is 1. The van der Waals surface area contributed by atoms with Gasteiger partial charge in [0.05, 0.1) is 18.1 Å². The second kappa shape index (κ2) is 4.80. The summed E-state index contributed by atoms with van der Waals surface area (Å²) < 4.78 is 6.02. The van der Waals surface area contributed by atoms with Crippen LogP contribution in [0, 0.1) is 23.7 Å². The Balaban J connectivity index is 1.39. The number of likely N-dealkylation sites (tertiary alicyclic amines) is 1. The number of ether oxygens (including phenoxy) is 1. The lowest BCUT2D eigenvalue weighted by Crippen LogP contribution is -2.50. The highest BCUT2D eigenvalue weighted by molar-refractivity contribution is 5.98. The lowest BCUT2D eigenvalue weighted by Gasteiger charge is -2.33. The Kier molecular flexibility index (Phi) is 2.89. The normalized spacial score (nSPS) is 42.7. The van der Waals surface area contributed by atoms with E-state index >= 15 is 0 Å². The average molecular weight is 328 g/mol. The average Bonchev–Trinajstić information content (AvgIpc) is 3.25. The van der Waals surface area contributed by atoms with Crippen molar-refractivity contribution >= 4 is 17.5 Å². The van der Waals surface area contributed by atoms with Gasteiger partial charge in [-0.2, -0.15) is 0 Å². The molecule has 24 heavy (non-hydrogen) atoms. The third kappa shape index (κ3) is 1.67. The lowest BCUT2D eigenvalue weighted by atomic mass is 9.80. The van der Waals surface area contributed by atoms with Gasteiger partial charge in [-0.15, -0.1) is 0 Å². The van der Waals surface area contributed by atoms with E-state index in [-0.39, 0.29) is 47.8 Å². The number of nitrogens with zero attached hydrogens (tertiary/aromatic N) is 1. The van der Waals surface area contributed by atoms with E-state index in [0.717, 1.165) is 6.42 Å². The number of nitrogens with one attached hydrogen (secondary N) is 1. The molecule has 2 aliphatic heterocycles. The summed E-state index contributed by atoms with van der Waals surface area (Å²) in [5, 5.41) is 13.2. The molecule has 8 unspecified atom stereocenters. The van der Waals surface area contributed by atoms with Crippen molar-refractivity contribution in [1.82, 2.24) is 4.90 Å². The molecule has 1 aromatic rings. The van der Waals surface area contributed by atoms with Crippen molar-refractivity contribution in [3.8, 4) is 0 Å². The Morgan fingerprint density at radius 3 is 2.83 bits per heavy atom. The first-order valence-corrected chi connectivity index (χ1v) is 8.59. The minimum atomic E-state index is -0.594. The van der Waals surface area contributed by atoms with Crippen molar-refractivity contribution in [1.29, 1.82) is 0 Å². The monoisotopic (exact) mass is 328 g/mol. The molecule has 2 amide bonds. The van der Waals surface area contributed by atoms with Gasteiger partial charge in [-0.25, -0.2) is 0 Å². The maximum atomic E-state index is 12.9. The highest BCUT2D eigenvalue weighted by Gasteiger charge is 2.73. The van der Waals surface area contributed by atoms with E-state index in [1.165, 1.54) is 0 Å². The van der Waals surface area contributed by atoms with E-state index in [9.17, 15) is 14.7 Å². The Hall–Kier alpha value is -1.92. The van der Waals surface area contributed by atoms with Crippen LogP contribution in [0.15, 0.2) is 30.3 Å². The molecule has 2 aliphatic carbocycles. The fraction of sp³-hybridized carbons (Fsp3) is 0.556. The third-order valence-corrected chi connectivity index (χ3v) is 6.39. The molecule has 8 atom stereocenters. The molecule has 4 fully saturated rings. The molecule has 0 spiro atoms. The number of fused-ring (bicyclic) bond motifs is 2. The highest BCUT2D eigenvalue weighted by atomic mass is 16.5. The summed E-state index contributed by atoms with van der Waals surface area (Å²) in [5.74, 6) is -0.0278. The number of carbonyl (C=O) groups is 2. The second-order valence-electron chi connectivity index (χ2n) is 7.43. The van der Waals surface area contributed by atoms with Crippen LogP contribution < -0.4 is 5.32 Å². The van der Waals surface area contributed by atoms with Crippen LogP contribution in [0.2, 0.25) is 0 Å². The third-order valence-electron chi connectivity index (χ3n) is 6.39. The molecule has 0 radical (unpaired) electrons. The van der Waals surface area contributed by atoms with E-state index in [1.54, 1.807) is 11.8 Å². The number of aliphatic hydroxyl groups excluding tert-OH is 1. The first-order valence-electron chi connectivity index (χ1n) is 8.59. The Bertz CT molecular complexity index is 708. The summed E-state index contributed by atoms with van der Waals surface area (Å²) in [5.41, 5.74) is 0.713. The van der Waals surface area contributed by atoms with E-state index in [0.29, 0.717) is 5.69 Å². The van der Waals surface area contributed by atoms with Gasteiger partial charge in [-0.3, -0.25) is 9.59 Å². The van der Waals surface area contributed by atoms with Crippen LogP contribution in [0.1, 0.15) is 13.3 Å². The number of hydrogen-bond donors (Lipinski definition) is 2. The van der Waals surface area contributed by atoms with Crippen LogP contribution in [0.25, 0.3) is 0 Å². The molecule has 2 N–H and O–H groups in total. The van der Waals surface area contributed by atoms with Gasteiger partial charge in [0.15, 0.2) is 0 Å². The zero-order valence-corrected chi connectivity index (χ0v) is 13.3. The number of rotatable bonds is 3. The van der Waals surface area contributed by atoms with Crippen LogP contribution in [-0.4, -0.2) is 46.3 Å². The molecule has 5 rings (SSSR count). The van der Waals surface area contributed by atoms with Gasteiger partial charge in [0.25, 0.3) is 0 Å². The SMILES string of the molecule is CC(C(=O)Nc1ccccc1)N1C(=O)C2C3CC4C(OC1C42)C3O. The maximum Gasteiger partial charge on any atom is 0.246 e. The van der Waals surface area contributed by atoms with Crippen molar-refractivity contribution in [2.24, 2.45) is 23.7 Å². The van der Waals surface area contributed by atoms with E-state index in [2.05, 4.69) is 5.32 Å². The van der Waals surface area contributed by atoms with Crippen molar-refractivity contribution in [3.63, 3.8) is 0 Å². The van der Waals surface area contributed by atoms with Gasteiger partial charge in [-0.05, 0) is 37.3 Å². The fourth-order valence-electron chi connectivity index (χ4n) is 5.40. The second-order valence-corrected chi connectivity index (χ2v) is 7.43. The Morgan fingerprint density at radius 2 is 2.08 bits per heavy atom. The number of anilines is 1. The number of carbonyl (C=O) groups excluding carboxylic acids is 2. The standard InChI is InChI=1S/C18H20N2O4/c1-8(16(22)19-9-5-3-2-4-6-9)20-17(23)12-10-7-11-13(12)18(20)24-15(11)14(10)21/h2-6,8,10-15,18,21H,7H2,1H3,(H,19,22). The van der Waals surface area contributed by atoms with Gasteiger partial charge >= 0.3 is 0 Å². The highest BCUT2D eigenvalue weighted by Crippen LogP contribution is 2.63. The minimum absolute atomic E-state index is 0.00288. The smallest absolute Gasteiger partial charge is 0.246 e. The fourth-order valence-corrected chi connectivity index (χ4v) is 5.40. The van der Waals surface area contributed by atoms with Crippen LogP contribution in [0.4, 0.5) is 5.69 Å². The van der Waals surface area contributed by atoms with Gasteiger partial charge in [0, 0.05) is 11.6 Å². The Labute approximate surface area is 139 Å². The van der Waals surface area contributed by atoms with Crippen LogP contribution in [0.5, 0.6) is 0 Å². The maximum absolute atomic E-state index is 12.9. The summed E-state index contributed by atoms with van der Waals surface area (Å²) >= 11 is 0. The molecular formula is C18H20N2O4. The molecule has 2 saturated heterocycles. The number of hydrogen-bond acceptors (Lipinski definition) is 4. The zero-order chi connectivity index (χ0) is 16.6. The molecule has 126 valence electrons. The zero-order valence-electron chi connectivity index (χ0n) is 13.3. The molecule has 6 nitrogen and oxygen atoms in total. The Morgan fingerprint density at radius 1 is 1.33 bits per heavy atom. The van der Waals surface area contributed by atoms with Crippen molar-refractivity contribution in [2.45, 2.75) is 37.8 Å². The predicted molar refractivity (Wildman–Crippen MR) is 84.6 cm³/mol. The molecule has 2 bridgehead atoms. The number of aliphatic hydroxyl groups is 1. The van der Waals surface area contributed by atoms with Gasteiger partial charge in [0.2, 0.25) is 11.8 Å². The summed E-state index contributed by atoms with van der Waals surface area (Å²) in [6, 6.07) is 8.63. The first-order chi connectivity index (χ1) is 11.6.